The number of benzene rings is 3. The number of rotatable bonds is 9. The molecule has 1 amide bonds. The van der Waals surface area contributed by atoms with Crippen molar-refractivity contribution in [3.63, 3.8) is 0 Å². The average molecular weight is 691 g/mol. The Morgan fingerprint density at radius 3 is 2.29 bits per heavy atom. The highest BCUT2D eigenvalue weighted by molar-refractivity contribution is 9.10. The molecule has 3 aromatic carbocycles. The number of carbonyl (C=O) groups excluding carboxylic acids is 2. The van der Waals surface area contributed by atoms with E-state index in [1.165, 1.54) is 6.21 Å². The highest BCUT2D eigenvalue weighted by atomic mass is 79.9. The maximum absolute atomic E-state index is 12.6. The van der Waals surface area contributed by atoms with Gasteiger partial charge in [-0.1, -0.05) is 31.9 Å². The molecule has 0 aliphatic rings. The van der Waals surface area contributed by atoms with Crippen LogP contribution in [-0.4, -0.2) is 22.7 Å². The van der Waals surface area contributed by atoms with Crippen LogP contribution in [0.5, 0.6) is 11.5 Å². The SMILES string of the molecule is Cc1ccc(C)n1-c1ccc(OCc2ccc(C(=O)N/N=C\c3cc(Br)ccc3OC(=O)c3ccc(Br)cc3)o2)cc1. The Bertz CT molecular complexity index is 1740. The molecule has 2 heterocycles. The van der Waals surface area contributed by atoms with Gasteiger partial charge >= 0.3 is 11.9 Å². The third-order valence-electron chi connectivity index (χ3n) is 6.26. The van der Waals surface area contributed by atoms with E-state index < -0.39 is 11.9 Å². The second kappa shape index (κ2) is 13.1. The van der Waals surface area contributed by atoms with Crippen molar-refractivity contribution in [1.82, 2.24) is 9.99 Å². The van der Waals surface area contributed by atoms with Crippen LogP contribution in [0.25, 0.3) is 5.69 Å². The minimum absolute atomic E-state index is 0.0794. The summed E-state index contributed by atoms with van der Waals surface area (Å²) in [4.78, 5) is 25.2. The number of nitrogens with zero attached hydrogens (tertiary/aromatic N) is 2. The summed E-state index contributed by atoms with van der Waals surface area (Å²) in [7, 11) is 0. The molecular weight excluding hydrogens is 666 g/mol. The molecular formula is C32H25Br2N3O5. The van der Waals surface area contributed by atoms with Gasteiger partial charge in [-0.3, -0.25) is 4.79 Å². The highest BCUT2D eigenvalue weighted by Gasteiger charge is 2.14. The lowest BCUT2D eigenvalue weighted by Crippen LogP contribution is -2.17. The molecule has 0 aliphatic heterocycles. The second-order valence-electron chi connectivity index (χ2n) is 9.28. The number of hydrogen-bond donors (Lipinski definition) is 1. The van der Waals surface area contributed by atoms with Crippen LogP contribution in [-0.2, 0) is 6.61 Å². The number of hydrazone groups is 1. The van der Waals surface area contributed by atoms with E-state index in [1.807, 2.05) is 24.3 Å². The van der Waals surface area contributed by atoms with Gasteiger partial charge in [-0.25, -0.2) is 10.2 Å². The largest absolute Gasteiger partial charge is 0.486 e. The number of carbonyl (C=O) groups is 2. The molecule has 0 atom stereocenters. The van der Waals surface area contributed by atoms with Crippen molar-refractivity contribution in [2.45, 2.75) is 20.5 Å². The van der Waals surface area contributed by atoms with Gasteiger partial charge in [0.05, 0.1) is 11.8 Å². The van der Waals surface area contributed by atoms with E-state index in [4.69, 9.17) is 13.9 Å². The van der Waals surface area contributed by atoms with Crippen molar-refractivity contribution in [3.8, 4) is 17.2 Å². The number of furan rings is 1. The van der Waals surface area contributed by atoms with Crippen molar-refractivity contribution >= 4 is 50.0 Å². The molecule has 0 bridgehead atoms. The number of hydrogen-bond acceptors (Lipinski definition) is 6. The van der Waals surface area contributed by atoms with Crippen molar-refractivity contribution in [1.29, 1.82) is 0 Å². The van der Waals surface area contributed by atoms with Crippen LogP contribution >= 0.6 is 31.9 Å². The molecule has 0 spiro atoms. The van der Waals surface area contributed by atoms with E-state index in [2.05, 4.69) is 72.9 Å². The van der Waals surface area contributed by atoms with Crippen LogP contribution in [0.1, 0.15) is 43.6 Å². The lowest BCUT2D eigenvalue weighted by molar-refractivity contribution is 0.0734. The van der Waals surface area contributed by atoms with Gasteiger partial charge in [-0.2, -0.15) is 5.10 Å². The molecule has 42 heavy (non-hydrogen) atoms. The first-order chi connectivity index (χ1) is 20.3. The molecule has 2 aromatic heterocycles. The lowest BCUT2D eigenvalue weighted by atomic mass is 10.2. The number of amides is 1. The predicted molar refractivity (Wildman–Crippen MR) is 167 cm³/mol. The summed E-state index contributed by atoms with van der Waals surface area (Å²) in [6.07, 6.45) is 1.39. The number of ether oxygens (including phenoxy) is 2. The Hall–Kier alpha value is -4.41. The molecule has 0 saturated carbocycles. The molecule has 8 nitrogen and oxygen atoms in total. The number of nitrogens with one attached hydrogen (secondary N) is 1. The zero-order chi connectivity index (χ0) is 29.6. The van der Waals surface area contributed by atoms with Crippen LogP contribution in [0, 0.1) is 13.8 Å². The Morgan fingerprint density at radius 1 is 0.881 bits per heavy atom. The van der Waals surface area contributed by atoms with Gasteiger partial charge in [0, 0.05) is 31.6 Å². The molecule has 212 valence electrons. The minimum atomic E-state index is -0.539. The molecule has 5 aromatic rings. The first-order valence-electron chi connectivity index (χ1n) is 12.8. The fourth-order valence-corrected chi connectivity index (χ4v) is 4.82. The standard InChI is InChI=1S/C32H25Br2N3O5/c1-20-3-4-21(2)37(20)26-10-12-27(13-11-26)40-19-28-14-16-30(41-28)31(38)36-35-18-23-17-25(34)9-15-29(23)42-32(39)22-5-7-24(33)8-6-22/h3-18H,19H2,1-2H3,(H,36,38)/b35-18-. The minimum Gasteiger partial charge on any atom is -0.486 e. The third-order valence-corrected chi connectivity index (χ3v) is 7.28. The van der Waals surface area contributed by atoms with Gasteiger partial charge in [0.15, 0.2) is 5.76 Å². The second-order valence-corrected chi connectivity index (χ2v) is 11.1. The number of halogens is 2. The van der Waals surface area contributed by atoms with Crippen molar-refractivity contribution in [3.05, 3.63) is 134 Å². The monoisotopic (exact) mass is 689 g/mol. The van der Waals surface area contributed by atoms with E-state index in [-0.39, 0.29) is 18.1 Å². The first kappa shape index (κ1) is 29.1. The summed E-state index contributed by atoms with van der Waals surface area (Å²) < 4.78 is 20.8. The Labute approximate surface area is 259 Å². The van der Waals surface area contributed by atoms with Crippen molar-refractivity contribution in [2.75, 3.05) is 0 Å². The Balaban J connectivity index is 1.17. The quantitative estimate of drug-likeness (QED) is 0.0738. The summed E-state index contributed by atoms with van der Waals surface area (Å²) in [6, 6.07) is 27.1. The molecule has 1 N–H and O–H groups in total. The van der Waals surface area contributed by atoms with E-state index >= 15 is 0 Å². The van der Waals surface area contributed by atoms with Crippen LogP contribution < -0.4 is 14.9 Å². The summed E-state index contributed by atoms with van der Waals surface area (Å²) >= 11 is 6.75. The van der Waals surface area contributed by atoms with Gasteiger partial charge in [0.25, 0.3) is 0 Å². The number of aromatic nitrogens is 1. The third kappa shape index (κ3) is 7.07. The van der Waals surface area contributed by atoms with Gasteiger partial charge in [-0.15, -0.1) is 0 Å². The van der Waals surface area contributed by atoms with Gasteiger partial charge in [-0.05, 0) is 105 Å². The maximum Gasteiger partial charge on any atom is 0.343 e. The molecule has 0 fully saturated rings. The van der Waals surface area contributed by atoms with Crippen LogP contribution in [0.2, 0.25) is 0 Å². The van der Waals surface area contributed by atoms with Crippen molar-refractivity contribution < 1.29 is 23.5 Å². The fourth-order valence-electron chi connectivity index (χ4n) is 4.17. The predicted octanol–water partition coefficient (Wildman–Crippen LogP) is 7.77. The maximum atomic E-state index is 12.6. The van der Waals surface area contributed by atoms with E-state index in [0.717, 1.165) is 26.0 Å². The Kier molecular flexibility index (Phi) is 9.04. The fraction of sp³-hybridized carbons (Fsp3) is 0.0938. The van der Waals surface area contributed by atoms with Crippen LogP contribution in [0.15, 0.2) is 109 Å². The highest BCUT2D eigenvalue weighted by Crippen LogP contribution is 2.24. The first-order valence-corrected chi connectivity index (χ1v) is 14.4. The zero-order valence-electron chi connectivity index (χ0n) is 22.6. The van der Waals surface area contributed by atoms with E-state index in [0.29, 0.717) is 22.6 Å². The van der Waals surface area contributed by atoms with Gasteiger partial charge < -0.3 is 18.5 Å². The molecule has 0 aliphatic carbocycles. The smallest absolute Gasteiger partial charge is 0.343 e. The average Bonchev–Trinajstić information content (AvgIpc) is 3.60. The zero-order valence-corrected chi connectivity index (χ0v) is 25.8. The van der Waals surface area contributed by atoms with E-state index in [9.17, 15) is 9.59 Å². The summed E-state index contributed by atoms with van der Waals surface area (Å²) in [5, 5.41) is 4.02. The van der Waals surface area contributed by atoms with Crippen molar-refractivity contribution in [2.24, 2.45) is 5.10 Å². The van der Waals surface area contributed by atoms with Gasteiger partial charge in [0.1, 0.15) is 23.9 Å². The topological polar surface area (TPSA) is 95.1 Å². The Morgan fingerprint density at radius 2 is 1.57 bits per heavy atom. The molecule has 0 saturated heterocycles. The number of esters is 1. The summed E-state index contributed by atoms with van der Waals surface area (Å²) in [5.74, 6) is 0.473. The molecule has 0 radical (unpaired) electrons. The lowest BCUT2D eigenvalue weighted by Gasteiger charge is -2.10. The summed E-state index contributed by atoms with van der Waals surface area (Å²) in [6.45, 7) is 4.28. The normalized spacial score (nSPS) is 11.0. The molecule has 10 heteroatoms. The summed E-state index contributed by atoms with van der Waals surface area (Å²) in [5.41, 5.74) is 6.68. The molecule has 0 unspecified atom stereocenters. The number of aryl methyl sites for hydroxylation is 2. The van der Waals surface area contributed by atoms with Crippen LogP contribution in [0.4, 0.5) is 0 Å². The van der Waals surface area contributed by atoms with Crippen LogP contribution in [0.3, 0.4) is 0 Å². The van der Waals surface area contributed by atoms with Gasteiger partial charge in [0.2, 0.25) is 0 Å². The van der Waals surface area contributed by atoms with E-state index in [1.54, 1.807) is 54.6 Å². The molecule has 5 rings (SSSR count).